The first-order valence-electron chi connectivity index (χ1n) is 4.67. The summed E-state index contributed by atoms with van der Waals surface area (Å²) in [6.07, 6.45) is -2.46. The van der Waals surface area contributed by atoms with E-state index in [1.165, 1.54) is 0 Å². The molecule has 0 aliphatic carbocycles. The average molecular weight is 257 g/mol. The third-order valence-electron chi connectivity index (χ3n) is 2.05. The summed E-state index contributed by atoms with van der Waals surface area (Å²) >= 11 is 0. The Morgan fingerprint density at radius 2 is 1.94 bits per heavy atom. The fraction of sp³-hybridized carbons (Fsp3) is 0.100. The van der Waals surface area contributed by atoms with Crippen molar-refractivity contribution in [1.29, 1.82) is 0 Å². The first kappa shape index (κ1) is 12.1. The highest BCUT2D eigenvalue weighted by Gasteiger charge is 2.32. The zero-order valence-electron chi connectivity index (χ0n) is 8.73. The maximum atomic E-state index is 12.3. The van der Waals surface area contributed by atoms with Crippen molar-refractivity contribution >= 4 is 5.91 Å². The number of carbonyl (C=O) groups is 1. The number of pyridine rings is 1. The standard InChI is InChI=1S/C10H6F3N3O2/c11-10(12,13)7-2-1-5(3-15-7)9-16-4-6(18-9)8(14)17/h1-4H,(H2,14,17). The molecule has 94 valence electrons. The van der Waals surface area contributed by atoms with Gasteiger partial charge in [-0.15, -0.1) is 0 Å². The van der Waals surface area contributed by atoms with E-state index < -0.39 is 17.8 Å². The number of alkyl halides is 3. The SMILES string of the molecule is NC(=O)c1cnc(-c2ccc(C(F)(F)F)nc2)o1. The van der Waals surface area contributed by atoms with Crippen molar-refractivity contribution < 1.29 is 22.4 Å². The Balaban J connectivity index is 2.31. The molecule has 0 saturated carbocycles. The van der Waals surface area contributed by atoms with Gasteiger partial charge in [-0.3, -0.25) is 9.78 Å². The summed E-state index contributed by atoms with van der Waals surface area (Å²) in [7, 11) is 0. The minimum Gasteiger partial charge on any atom is -0.431 e. The molecular formula is C10H6F3N3O2. The van der Waals surface area contributed by atoms with E-state index in [0.29, 0.717) is 0 Å². The van der Waals surface area contributed by atoms with E-state index in [-0.39, 0.29) is 17.2 Å². The zero-order chi connectivity index (χ0) is 13.3. The molecule has 8 heteroatoms. The number of hydrogen-bond acceptors (Lipinski definition) is 4. The molecule has 2 N–H and O–H groups in total. The second kappa shape index (κ2) is 4.13. The van der Waals surface area contributed by atoms with E-state index in [4.69, 9.17) is 10.2 Å². The molecule has 0 atom stereocenters. The van der Waals surface area contributed by atoms with Crippen molar-refractivity contribution in [3.05, 3.63) is 36.0 Å². The smallest absolute Gasteiger partial charge is 0.431 e. The van der Waals surface area contributed by atoms with Crippen molar-refractivity contribution in [2.75, 3.05) is 0 Å². The largest absolute Gasteiger partial charge is 0.433 e. The lowest BCUT2D eigenvalue weighted by Gasteiger charge is -2.04. The quantitative estimate of drug-likeness (QED) is 0.890. The molecule has 5 nitrogen and oxygen atoms in total. The number of oxazole rings is 1. The summed E-state index contributed by atoms with van der Waals surface area (Å²) in [5, 5.41) is 0. The first-order valence-corrected chi connectivity index (χ1v) is 4.67. The molecule has 0 saturated heterocycles. The third kappa shape index (κ3) is 2.31. The Bertz CT molecular complexity index is 575. The van der Waals surface area contributed by atoms with E-state index >= 15 is 0 Å². The van der Waals surface area contributed by atoms with Crippen LogP contribution in [-0.2, 0) is 6.18 Å². The zero-order valence-corrected chi connectivity index (χ0v) is 8.73. The van der Waals surface area contributed by atoms with Crippen LogP contribution in [-0.4, -0.2) is 15.9 Å². The van der Waals surface area contributed by atoms with Gasteiger partial charge in [0.25, 0.3) is 5.91 Å². The second-order valence-corrected chi connectivity index (χ2v) is 3.32. The number of carbonyl (C=O) groups excluding carboxylic acids is 1. The summed E-state index contributed by atoms with van der Waals surface area (Å²) < 4.78 is 41.8. The lowest BCUT2D eigenvalue weighted by molar-refractivity contribution is -0.141. The third-order valence-corrected chi connectivity index (χ3v) is 2.05. The van der Waals surface area contributed by atoms with E-state index in [1.54, 1.807) is 0 Å². The number of nitrogens with zero attached hydrogens (tertiary/aromatic N) is 2. The minimum atomic E-state index is -4.51. The summed E-state index contributed by atoms with van der Waals surface area (Å²) in [6, 6.07) is 1.94. The number of rotatable bonds is 2. The second-order valence-electron chi connectivity index (χ2n) is 3.32. The molecule has 2 rings (SSSR count). The number of halogens is 3. The number of amides is 1. The molecule has 2 heterocycles. The van der Waals surface area contributed by atoms with Gasteiger partial charge in [-0.2, -0.15) is 13.2 Å². The number of hydrogen-bond donors (Lipinski definition) is 1. The van der Waals surface area contributed by atoms with Gasteiger partial charge < -0.3 is 10.2 Å². The van der Waals surface area contributed by atoms with Crippen LogP contribution in [0.4, 0.5) is 13.2 Å². The van der Waals surface area contributed by atoms with Gasteiger partial charge in [0.15, 0.2) is 0 Å². The average Bonchev–Trinajstić information content (AvgIpc) is 2.77. The molecule has 0 aliphatic heterocycles. The molecule has 0 aromatic carbocycles. The van der Waals surface area contributed by atoms with Crippen molar-refractivity contribution in [2.45, 2.75) is 6.18 Å². The van der Waals surface area contributed by atoms with Crippen molar-refractivity contribution in [2.24, 2.45) is 5.73 Å². The van der Waals surface area contributed by atoms with Gasteiger partial charge in [0, 0.05) is 6.20 Å². The van der Waals surface area contributed by atoms with Gasteiger partial charge in [-0.05, 0) is 12.1 Å². The molecule has 2 aromatic heterocycles. The molecule has 0 spiro atoms. The molecule has 1 amide bonds. The van der Waals surface area contributed by atoms with Crippen molar-refractivity contribution in [3.8, 4) is 11.5 Å². The Hall–Kier alpha value is -2.38. The predicted octanol–water partition coefficient (Wildman–Crippen LogP) is 1.85. The van der Waals surface area contributed by atoms with Crippen LogP contribution < -0.4 is 5.73 Å². The van der Waals surface area contributed by atoms with Gasteiger partial charge in [0.2, 0.25) is 11.7 Å². The Morgan fingerprint density at radius 3 is 2.39 bits per heavy atom. The number of aromatic nitrogens is 2. The lowest BCUT2D eigenvalue weighted by atomic mass is 10.2. The van der Waals surface area contributed by atoms with Crippen LogP contribution >= 0.6 is 0 Å². The molecule has 0 bridgehead atoms. The Labute approximate surface area is 98.5 Å². The van der Waals surface area contributed by atoms with Gasteiger partial charge in [-0.25, -0.2) is 4.98 Å². The van der Waals surface area contributed by atoms with E-state index in [1.807, 2.05) is 0 Å². The molecule has 0 unspecified atom stereocenters. The Morgan fingerprint density at radius 1 is 1.22 bits per heavy atom. The molecule has 0 aliphatic rings. The number of primary amides is 1. The maximum absolute atomic E-state index is 12.3. The highest BCUT2D eigenvalue weighted by molar-refractivity contribution is 5.89. The van der Waals surface area contributed by atoms with Crippen LogP contribution in [0.1, 0.15) is 16.2 Å². The molecule has 2 aromatic rings. The van der Waals surface area contributed by atoms with Crippen LogP contribution in [0.2, 0.25) is 0 Å². The highest BCUT2D eigenvalue weighted by Crippen LogP contribution is 2.28. The molecule has 0 fully saturated rings. The molecule has 18 heavy (non-hydrogen) atoms. The van der Waals surface area contributed by atoms with Crippen LogP contribution in [0.5, 0.6) is 0 Å². The summed E-state index contributed by atoms with van der Waals surface area (Å²) in [4.78, 5) is 17.7. The van der Waals surface area contributed by atoms with Crippen molar-refractivity contribution in [3.63, 3.8) is 0 Å². The van der Waals surface area contributed by atoms with Crippen LogP contribution in [0.3, 0.4) is 0 Å². The van der Waals surface area contributed by atoms with Gasteiger partial charge in [-0.1, -0.05) is 0 Å². The monoisotopic (exact) mass is 257 g/mol. The predicted molar refractivity (Wildman–Crippen MR) is 53.3 cm³/mol. The van der Waals surface area contributed by atoms with E-state index in [0.717, 1.165) is 24.5 Å². The van der Waals surface area contributed by atoms with Gasteiger partial charge in [0.05, 0.1) is 11.8 Å². The van der Waals surface area contributed by atoms with Crippen LogP contribution in [0, 0.1) is 0 Å². The summed E-state index contributed by atoms with van der Waals surface area (Å²) in [5.74, 6) is -1.01. The first-order chi connectivity index (χ1) is 8.38. The summed E-state index contributed by atoms with van der Waals surface area (Å²) in [6.45, 7) is 0. The lowest BCUT2D eigenvalue weighted by Crippen LogP contribution is -2.09. The molecule has 0 radical (unpaired) electrons. The fourth-order valence-corrected chi connectivity index (χ4v) is 1.21. The van der Waals surface area contributed by atoms with E-state index in [2.05, 4.69) is 9.97 Å². The van der Waals surface area contributed by atoms with Crippen LogP contribution in [0.25, 0.3) is 11.5 Å². The van der Waals surface area contributed by atoms with Gasteiger partial charge in [0.1, 0.15) is 5.69 Å². The normalized spacial score (nSPS) is 11.5. The fourth-order valence-electron chi connectivity index (χ4n) is 1.21. The van der Waals surface area contributed by atoms with E-state index in [9.17, 15) is 18.0 Å². The molecular weight excluding hydrogens is 251 g/mol. The maximum Gasteiger partial charge on any atom is 0.433 e. The summed E-state index contributed by atoms with van der Waals surface area (Å²) in [5.41, 5.74) is 4.15. The number of nitrogens with two attached hydrogens (primary N) is 1. The minimum absolute atomic E-state index is 0.0231. The van der Waals surface area contributed by atoms with Gasteiger partial charge >= 0.3 is 6.18 Å². The highest BCUT2D eigenvalue weighted by atomic mass is 19.4. The van der Waals surface area contributed by atoms with Crippen LogP contribution in [0.15, 0.2) is 28.9 Å². The van der Waals surface area contributed by atoms with Crippen molar-refractivity contribution in [1.82, 2.24) is 9.97 Å². The Kier molecular flexibility index (Phi) is 2.77. The topological polar surface area (TPSA) is 82.0 Å².